The second-order valence-electron chi connectivity index (χ2n) is 5.19. The zero-order chi connectivity index (χ0) is 13.9. The molecule has 20 heavy (non-hydrogen) atoms. The maximum absolute atomic E-state index is 6.32. The van der Waals surface area contributed by atoms with Crippen LogP contribution in [0.2, 0.25) is 0 Å². The number of benzene rings is 2. The highest BCUT2D eigenvalue weighted by atomic mass is 16.5. The molecule has 1 aliphatic rings. The number of para-hydroxylation sites is 1. The molecule has 0 aromatic heterocycles. The van der Waals surface area contributed by atoms with Crippen LogP contribution in [-0.2, 0) is 12.8 Å². The Morgan fingerprint density at radius 3 is 2.90 bits per heavy atom. The molecule has 0 bridgehead atoms. The van der Waals surface area contributed by atoms with Crippen molar-refractivity contribution in [1.82, 2.24) is 0 Å². The first-order valence-corrected chi connectivity index (χ1v) is 6.89. The van der Waals surface area contributed by atoms with Crippen molar-refractivity contribution in [2.45, 2.75) is 25.0 Å². The molecule has 0 radical (unpaired) electrons. The van der Waals surface area contributed by atoms with Gasteiger partial charge in [0, 0.05) is 12.5 Å². The van der Waals surface area contributed by atoms with E-state index in [0.717, 1.165) is 24.3 Å². The smallest absolute Gasteiger partial charge is 0.123 e. The molecule has 1 aliphatic heterocycles. The summed E-state index contributed by atoms with van der Waals surface area (Å²) in [7, 11) is 1.68. The first-order valence-electron chi connectivity index (χ1n) is 6.89. The quantitative estimate of drug-likeness (QED) is 0.927. The Morgan fingerprint density at radius 1 is 1.25 bits per heavy atom. The molecule has 0 amide bonds. The summed E-state index contributed by atoms with van der Waals surface area (Å²) in [5.74, 6) is 1.84. The Kier molecular flexibility index (Phi) is 3.61. The zero-order valence-electron chi connectivity index (χ0n) is 11.6. The van der Waals surface area contributed by atoms with Crippen LogP contribution in [-0.4, -0.2) is 19.3 Å². The molecular formula is C17H19NO2. The van der Waals surface area contributed by atoms with Crippen LogP contribution in [0, 0.1) is 0 Å². The molecular weight excluding hydrogens is 250 g/mol. The van der Waals surface area contributed by atoms with E-state index in [9.17, 15) is 0 Å². The molecule has 3 rings (SSSR count). The monoisotopic (exact) mass is 269 g/mol. The Bertz CT molecular complexity index is 572. The van der Waals surface area contributed by atoms with Gasteiger partial charge in [-0.3, -0.25) is 0 Å². The Morgan fingerprint density at radius 2 is 2.10 bits per heavy atom. The number of nitrogens with two attached hydrogens (primary N) is 1. The molecule has 1 heterocycles. The lowest BCUT2D eigenvalue weighted by Gasteiger charge is -2.19. The first kappa shape index (κ1) is 13.0. The molecule has 3 heteroatoms. The number of methoxy groups -OCH3 is 1. The normalized spacial score (nSPS) is 18.2. The molecule has 0 saturated carbocycles. The van der Waals surface area contributed by atoms with Gasteiger partial charge < -0.3 is 15.2 Å². The van der Waals surface area contributed by atoms with Crippen LogP contribution in [0.4, 0.5) is 0 Å². The van der Waals surface area contributed by atoms with E-state index in [1.807, 2.05) is 36.4 Å². The fourth-order valence-corrected chi connectivity index (χ4v) is 2.65. The van der Waals surface area contributed by atoms with Gasteiger partial charge in [0.15, 0.2) is 0 Å². The topological polar surface area (TPSA) is 44.5 Å². The highest BCUT2D eigenvalue weighted by molar-refractivity contribution is 5.38. The maximum atomic E-state index is 6.32. The molecule has 2 N–H and O–H groups in total. The highest BCUT2D eigenvalue weighted by Crippen LogP contribution is 2.29. The summed E-state index contributed by atoms with van der Waals surface area (Å²) in [6.07, 6.45) is 1.73. The summed E-state index contributed by atoms with van der Waals surface area (Å²) in [6.45, 7) is 0. The minimum Gasteiger partial charge on any atom is -0.497 e. The summed E-state index contributed by atoms with van der Waals surface area (Å²) >= 11 is 0. The van der Waals surface area contributed by atoms with Gasteiger partial charge in [0.1, 0.15) is 17.6 Å². The molecule has 104 valence electrons. The zero-order valence-corrected chi connectivity index (χ0v) is 11.6. The molecule has 0 saturated heterocycles. The molecule has 0 fully saturated rings. The Hall–Kier alpha value is -2.00. The van der Waals surface area contributed by atoms with E-state index in [-0.39, 0.29) is 12.1 Å². The van der Waals surface area contributed by atoms with Crippen LogP contribution in [0.15, 0.2) is 48.5 Å². The number of rotatable bonds is 4. The Labute approximate surface area is 119 Å². The molecule has 0 spiro atoms. The summed E-state index contributed by atoms with van der Waals surface area (Å²) in [5, 5.41) is 0. The van der Waals surface area contributed by atoms with Crippen molar-refractivity contribution in [1.29, 1.82) is 0 Å². The molecule has 2 atom stereocenters. The van der Waals surface area contributed by atoms with Gasteiger partial charge in [0.25, 0.3) is 0 Å². The SMILES string of the molecule is COc1cccc(CC(N)C2Cc3ccccc3O2)c1. The lowest BCUT2D eigenvalue weighted by molar-refractivity contribution is 0.198. The van der Waals surface area contributed by atoms with Gasteiger partial charge in [-0.15, -0.1) is 0 Å². The summed E-state index contributed by atoms with van der Waals surface area (Å²) in [5.41, 5.74) is 8.74. The minimum absolute atomic E-state index is 0.0190. The van der Waals surface area contributed by atoms with Gasteiger partial charge in [-0.2, -0.15) is 0 Å². The van der Waals surface area contributed by atoms with Crippen LogP contribution < -0.4 is 15.2 Å². The van der Waals surface area contributed by atoms with E-state index in [0.29, 0.717) is 0 Å². The van der Waals surface area contributed by atoms with Crippen molar-refractivity contribution in [2.75, 3.05) is 7.11 Å². The van der Waals surface area contributed by atoms with Crippen LogP contribution in [0.3, 0.4) is 0 Å². The number of ether oxygens (including phenoxy) is 2. The van der Waals surface area contributed by atoms with Crippen LogP contribution in [0.1, 0.15) is 11.1 Å². The second kappa shape index (κ2) is 5.55. The average Bonchev–Trinajstić information content (AvgIpc) is 2.91. The van der Waals surface area contributed by atoms with Crippen molar-refractivity contribution in [3.8, 4) is 11.5 Å². The molecule has 0 aliphatic carbocycles. The predicted octanol–water partition coefficient (Wildman–Crippen LogP) is 2.57. The second-order valence-corrected chi connectivity index (χ2v) is 5.19. The van der Waals surface area contributed by atoms with E-state index in [1.165, 1.54) is 11.1 Å². The maximum Gasteiger partial charge on any atom is 0.123 e. The van der Waals surface area contributed by atoms with E-state index in [2.05, 4.69) is 12.1 Å². The van der Waals surface area contributed by atoms with Crippen LogP contribution >= 0.6 is 0 Å². The molecule has 2 aromatic carbocycles. The largest absolute Gasteiger partial charge is 0.497 e. The standard InChI is InChI=1S/C17H19NO2/c1-19-14-7-4-5-12(9-14)10-15(18)17-11-13-6-2-3-8-16(13)20-17/h2-9,15,17H,10-11,18H2,1H3. The summed E-state index contributed by atoms with van der Waals surface area (Å²) in [4.78, 5) is 0. The van der Waals surface area contributed by atoms with Crippen LogP contribution in [0.5, 0.6) is 11.5 Å². The fourth-order valence-electron chi connectivity index (χ4n) is 2.65. The van der Waals surface area contributed by atoms with Gasteiger partial charge in [-0.1, -0.05) is 30.3 Å². The number of hydrogen-bond acceptors (Lipinski definition) is 3. The third kappa shape index (κ3) is 2.63. The van der Waals surface area contributed by atoms with Crippen molar-refractivity contribution < 1.29 is 9.47 Å². The lowest BCUT2D eigenvalue weighted by atomic mass is 9.98. The minimum atomic E-state index is -0.0190. The van der Waals surface area contributed by atoms with E-state index >= 15 is 0 Å². The molecule has 3 nitrogen and oxygen atoms in total. The van der Waals surface area contributed by atoms with E-state index in [1.54, 1.807) is 7.11 Å². The third-order valence-electron chi connectivity index (χ3n) is 3.76. The van der Waals surface area contributed by atoms with E-state index in [4.69, 9.17) is 15.2 Å². The summed E-state index contributed by atoms with van der Waals surface area (Å²) in [6, 6.07) is 16.2. The van der Waals surface area contributed by atoms with Crippen molar-refractivity contribution >= 4 is 0 Å². The fraction of sp³-hybridized carbons (Fsp3) is 0.294. The number of fused-ring (bicyclic) bond motifs is 1. The van der Waals surface area contributed by atoms with Gasteiger partial charge in [0.05, 0.1) is 7.11 Å². The molecule has 2 unspecified atom stereocenters. The highest BCUT2D eigenvalue weighted by Gasteiger charge is 2.27. The van der Waals surface area contributed by atoms with Gasteiger partial charge in [0.2, 0.25) is 0 Å². The first-order chi connectivity index (χ1) is 9.76. The van der Waals surface area contributed by atoms with Gasteiger partial charge >= 0.3 is 0 Å². The van der Waals surface area contributed by atoms with Crippen molar-refractivity contribution in [3.63, 3.8) is 0 Å². The Balaban J connectivity index is 1.67. The average molecular weight is 269 g/mol. The summed E-state index contributed by atoms with van der Waals surface area (Å²) < 4.78 is 11.2. The lowest BCUT2D eigenvalue weighted by Crippen LogP contribution is -2.39. The van der Waals surface area contributed by atoms with Gasteiger partial charge in [-0.25, -0.2) is 0 Å². The molecule has 2 aromatic rings. The van der Waals surface area contributed by atoms with E-state index < -0.39 is 0 Å². The van der Waals surface area contributed by atoms with Crippen molar-refractivity contribution in [2.24, 2.45) is 5.73 Å². The third-order valence-corrected chi connectivity index (χ3v) is 3.76. The van der Waals surface area contributed by atoms with Gasteiger partial charge in [-0.05, 0) is 35.7 Å². The predicted molar refractivity (Wildman–Crippen MR) is 79.2 cm³/mol. The number of hydrogen-bond donors (Lipinski definition) is 1. The van der Waals surface area contributed by atoms with Crippen molar-refractivity contribution in [3.05, 3.63) is 59.7 Å². The van der Waals surface area contributed by atoms with Crippen LogP contribution in [0.25, 0.3) is 0 Å².